The van der Waals surface area contributed by atoms with E-state index in [1.807, 2.05) is 13.0 Å². The SMILES string of the molecule is CCN1CCC(c2cccc(OS(C)(=O)=O)c2C)CC1. The Morgan fingerprint density at radius 2 is 1.95 bits per heavy atom. The van der Waals surface area contributed by atoms with Gasteiger partial charge in [0, 0.05) is 0 Å². The summed E-state index contributed by atoms with van der Waals surface area (Å²) in [6, 6.07) is 5.70. The van der Waals surface area contributed by atoms with Crippen molar-refractivity contribution in [2.24, 2.45) is 0 Å². The first kappa shape index (κ1) is 15.3. The van der Waals surface area contributed by atoms with Crippen molar-refractivity contribution in [2.75, 3.05) is 25.9 Å². The van der Waals surface area contributed by atoms with Crippen LogP contribution in [-0.4, -0.2) is 39.2 Å². The Kier molecular flexibility index (Phi) is 4.70. The van der Waals surface area contributed by atoms with Gasteiger partial charge >= 0.3 is 10.1 Å². The van der Waals surface area contributed by atoms with Crippen LogP contribution in [-0.2, 0) is 10.1 Å². The number of hydrogen-bond donors (Lipinski definition) is 0. The highest BCUT2D eigenvalue weighted by atomic mass is 32.2. The van der Waals surface area contributed by atoms with Crippen molar-refractivity contribution in [1.29, 1.82) is 0 Å². The molecule has 112 valence electrons. The summed E-state index contributed by atoms with van der Waals surface area (Å²) in [6.07, 6.45) is 3.33. The van der Waals surface area contributed by atoms with E-state index in [-0.39, 0.29) is 0 Å². The average Bonchev–Trinajstić information content (AvgIpc) is 2.40. The smallest absolute Gasteiger partial charge is 0.306 e. The monoisotopic (exact) mass is 297 g/mol. The molecule has 1 aromatic rings. The van der Waals surface area contributed by atoms with Crippen molar-refractivity contribution < 1.29 is 12.6 Å². The Morgan fingerprint density at radius 1 is 1.30 bits per heavy atom. The second kappa shape index (κ2) is 6.14. The Bertz CT molecular complexity index is 560. The summed E-state index contributed by atoms with van der Waals surface area (Å²) >= 11 is 0. The van der Waals surface area contributed by atoms with Gasteiger partial charge in [0.1, 0.15) is 5.75 Å². The summed E-state index contributed by atoms with van der Waals surface area (Å²) in [6.45, 7) is 7.45. The standard InChI is InChI=1S/C15H23NO3S/c1-4-16-10-8-13(9-11-16)14-6-5-7-15(12(14)2)19-20(3,17)18/h5-7,13H,4,8-11H2,1-3H3. The van der Waals surface area contributed by atoms with Crippen molar-refractivity contribution in [3.05, 3.63) is 29.3 Å². The van der Waals surface area contributed by atoms with Crippen LogP contribution in [0.25, 0.3) is 0 Å². The minimum atomic E-state index is -3.47. The van der Waals surface area contributed by atoms with Gasteiger partial charge in [-0.1, -0.05) is 19.1 Å². The van der Waals surface area contributed by atoms with E-state index in [1.165, 1.54) is 5.56 Å². The molecule has 0 radical (unpaired) electrons. The van der Waals surface area contributed by atoms with Crippen LogP contribution in [0.2, 0.25) is 0 Å². The molecule has 1 aliphatic rings. The normalized spacial score (nSPS) is 18.1. The van der Waals surface area contributed by atoms with Crippen LogP contribution in [0.15, 0.2) is 18.2 Å². The van der Waals surface area contributed by atoms with E-state index in [2.05, 4.69) is 17.9 Å². The lowest BCUT2D eigenvalue weighted by Crippen LogP contribution is -2.32. The number of piperidine rings is 1. The molecule has 4 nitrogen and oxygen atoms in total. The topological polar surface area (TPSA) is 46.6 Å². The second-order valence-corrected chi connectivity index (χ2v) is 7.04. The maximum absolute atomic E-state index is 11.3. The Morgan fingerprint density at radius 3 is 2.50 bits per heavy atom. The average molecular weight is 297 g/mol. The van der Waals surface area contributed by atoms with Crippen LogP contribution >= 0.6 is 0 Å². The maximum Gasteiger partial charge on any atom is 0.306 e. The van der Waals surface area contributed by atoms with Crippen molar-refractivity contribution >= 4 is 10.1 Å². The zero-order valence-electron chi connectivity index (χ0n) is 12.4. The highest BCUT2D eigenvalue weighted by Crippen LogP contribution is 2.34. The molecule has 0 spiro atoms. The molecule has 0 aliphatic carbocycles. The largest absolute Gasteiger partial charge is 0.382 e. The summed E-state index contributed by atoms with van der Waals surface area (Å²) in [4.78, 5) is 2.45. The summed E-state index contributed by atoms with van der Waals surface area (Å²) in [5.74, 6) is 0.962. The molecular formula is C15H23NO3S. The fraction of sp³-hybridized carbons (Fsp3) is 0.600. The van der Waals surface area contributed by atoms with Crippen molar-refractivity contribution in [1.82, 2.24) is 4.90 Å². The lowest BCUT2D eigenvalue weighted by molar-refractivity contribution is 0.222. The van der Waals surface area contributed by atoms with Gasteiger partial charge in [0.2, 0.25) is 0 Å². The summed E-state index contributed by atoms with van der Waals surface area (Å²) in [5.41, 5.74) is 2.18. The molecular weight excluding hydrogens is 274 g/mol. The van der Waals surface area contributed by atoms with Gasteiger partial charge in [0.25, 0.3) is 0 Å². The number of benzene rings is 1. The Labute approximate surface area is 121 Å². The number of nitrogens with zero attached hydrogens (tertiary/aromatic N) is 1. The number of likely N-dealkylation sites (tertiary alicyclic amines) is 1. The molecule has 0 N–H and O–H groups in total. The fourth-order valence-electron chi connectivity index (χ4n) is 2.89. The quantitative estimate of drug-likeness (QED) is 0.801. The van der Waals surface area contributed by atoms with Gasteiger partial charge in [0.05, 0.1) is 6.26 Å². The molecule has 0 saturated carbocycles. The van der Waals surface area contributed by atoms with E-state index in [0.717, 1.165) is 44.3 Å². The third-order valence-electron chi connectivity index (χ3n) is 4.04. The van der Waals surface area contributed by atoms with Crippen LogP contribution in [0.5, 0.6) is 5.75 Å². The predicted octanol–water partition coefficient (Wildman–Crippen LogP) is 2.53. The van der Waals surface area contributed by atoms with E-state index >= 15 is 0 Å². The van der Waals surface area contributed by atoms with Gasteiger partial charge in [-0.15, -0.1) is 0 Å². The molecule has 1 aromatic carbocycles. The van der Waals surface area contributed by atoms with Gasteiger partial charge in [-0.25, -0.2) is 0 Å². The molecule has 1 fully saturated rings. The van der Waals surface area contributed by atoms with Crippen molar-refractivity contribution in [3.8, 4) is 5.75 Å². The molecule has 0 amide bonds. The summed E-state index contributed by atoms with van der Waals surface area (Å²) in [5, 5.41) is 0. The first-order valence-electron chi connectivity index (χ1n) is 7.12. The molecule has 0 aromatic heterocycles. The van der Waals surface area contributed by atoms with Gasteiger partial charge in [-0.05, 0) is 62.5 Å². The summed E-state index contributed by atoms with van der Waals surface area (Å²) < 4.78 is 27.7. The highest BCUT2D eigenvalue weighted by molar-refractivity contribution is 7.86. The fourth-order valence-corrected chi connectivity index (χ4v) is 3.39. The lowest BCUT2D eigenvalue weighted by atomic mass is 9.86. The maximum atomic E-state index is 11.3. The van der Waals surface area contributed by atoms with E-state index in [0.29, 0.717) is 11.7 Å². The molecule has 5 heteroatoms. The Hall–Kier alpha value is -1.07. The van der Waals surface area contributed by atoms with Crippen LogP contribution in [0, 0.1) is 6.92 Å². The van der Waals surface area contributed by atoms with E-state index in [1.54, 1.807) is 6.07 Å². The van der Waals surface area contributed by atoms with Gasteiger partial charge in [-0.3, -0.25) is 0 Å². The first-order chi connectivity index (χ1) is 9.40. The van der Waals surface area contributed by atoms with E-state index in [4.69, 9.17) is 4.18 Å². The molecule has 1 heterocycles. The second-order valence-electron chi connectivity index (χ2n) is 5.47. The number of rotatable bonds is 4. The zero-order valence-corrected chi connectivity index (χ0v) is 13.2. The van der Waals surface area contributed by atoms with Crippen LogP contribution in [0.4, 0.5) is 0 Å². The van der Waals surface area contributed by atoms with Gasteiger partial charge in [-0.2, -0.15) is 8.42 Å². The molecule has 1 saturated heterocycles. The van der Waals surface area contributed by atoms with E-state index < -0.39 is 10.1 Å². The third-order valence-corrected chi connectivity index (χ3v) is 4.52. The molecule has 1 aliphatic heterocycles. The molecule has 20 heavy (non-hydrogen) atoms. The van der Waals surface area contributed by atoms with Gasteiger partial charge < -0.3 is 9.08 Å². The minimum Gasteiger partial charge on any atom is -0.382 e. The molecule has 0 atom stereocenters. The third kappa shape index (κ3) is 3.73. The lowest BCUT2D eigenvalue weighted by Gasteiger charge is -2.32. The molecule has 2 rings (SSSR count). The molecule has 0 unspecified atom stereocenters. The van der Waals surface area contributed by atoms with Crippen LogP contribution < -0.4 is 4.18 Å². The minimum absolute atomic E-state index is 0.461. The number of hydrogen-bond acceptors (Lipinski definition) is 4. The van der Waals surface area contributed by atoms with Crippen molar-refractivity contribution in [2.45, 2.75) is 32.6 Å². The van der Waals surface area contributed by atoms with Gasteiger partial charge in [0.15, 0.2) is 0 Å². The zero-order chi connectivity index (χ0) is 14.8. The van der Waals surface area contributed by atoms with Crippen molar-refractivity contribution in [3.63, 3.8) is 0 Å². The highest BCUT2D eigenvalue weighted by Gasteiger charge is 2.22. The van der Waals surface area contributed by atoms with Crippen LogP contribution in [0.3, 0.4) is 0 Å². The first-order valence-corrected chi connectivity index (χ1v) is 8.93. The Balaban J connectivity index is 2.19. The summed E-state index contributed by atoms with van der Waals surface area (Å²) in [7, 11) is -3.47. The molecule has 0 bridgehead atoms. The van der Waals surface area contributed by atoms with E-state index in [9.17, 15) is 8.42 Å². The van der Waals surface area contributed by atoms with Crippen LogP contribution in [0.1, 0.15) is 36.8 Å². The predicted molar refractivity (Wildman–Crippen MR) is 80.7 cm³/mol.